The molecule has 2 N–H and O–H groups in total. The first-order valence-corrected chi connectivity index (χ1v) is 10.1. The summed E-state index contributed by atoms with van der Waals surface area (Å²) in [7, 11) is 0. The smallest absolute Gasteiger partial charge is 0.260 e. The highest BCUT2D eigenvalue weighted by Crippen LogP contribution is 2.31. The minimum Gasteiger partial charge on any atom is -0.338 e. The number of aromatic amines is 2. The van der Waals surface area contributed by atoms with E-state index in [-0.39, 0.29) is 38.9 Å². The van der Waals surface area contributed by atoms with Gasteiger partial charge in [-0.1, -0.05) is 6.07 Å². The lowest BCUT2D eigenvalue weighted by molar-refractivity contribution is 0.104. The van der Waals surface area contributed by atoms with E-state index in [1.165, 1.54) is 18.2 Å². The van der Waals surface area contributed by atoms with Crippen molar-refractivity contribution in [1.29, 1.82) is 0 Å². The zero-order valence-electron chi connectivity index (χ0n) is 17.4. The molecule has 174 valence electrons. The monoisotopic (exact) mass is 481 g/mol. The molecule has 5 nitrogen and oxygen atoms in total. The van der Waals surface area contributed by atoms with Gasteiger partial charge >= 0.3 is 0 Å². The van der Waals surface area contributed by atoms with Gasteiger partial charge in [-0.25, -0.2) is 26.9 Å². The number of pyridine rings is 1. The molecule has 0 aliphatic rings. The number of halogens is 5. The first-order valence-electron chi connectivity index (χ1n) is 10.1. The minimum atomic E-state index is -1.22. The van der Waals surface area contributed by atoms with E-state index in [4.69, 9.17) is 0 Å². The Bertz CT molecular complexity index is 1720. The summed E-state index contributed by atoms with van der Waals surface area (Å²) in [6.45, 7) is 0. The summed E-state index contributed by atoms with van der Waals surface area (Å²) >= 11 is 0. The van der Waals surface area contributed by atoms with Gasteiger partial charge in [0.2, 0.25) is 0 Å². The maximum atomic E-state index is 14.0. The van der Waals surface area contributed by atoms with E-state index >= 15 is 0 Å². The summed E-state index contributed by atoms with van der Waals surface area (Å²) in [5, 5.41) is 0.0991. The van der Waals surface area contributed by atoms with Crippen molar-refractivity contribution in [3.63, 3.8) is 0 Å². The molecule has 2 heterocycles. The lowest BCUT2D eigenvalue weighted by atomic mass is 9.93. The Morgan fingerprint density at radius 3 is 2.31 bits per heavy atom. The van der Waals surface area contributed by atoms with Crippen molar-refractivity contribution in [3.8, 4) is 11.1 Å². The van der Waals surface area contributed by atoms with Crippen LogP contribution in [0.2, 0.25) is 0 Å². The molecule has 5 aromatic rings. The topological polar surface area (TPSA) is 78.6 Å². The van der Waals surface area contributed by atoms with E-state index < -0.39 is 46.0 Å². The summed E-state index contributed by atoms with van der Waals surface area (Å²) in [4.78, 5) is 35.2. The second-order valence-corrected chi connectivity index (χ2v) is 7.63. The summed E-state index contributed by atoms with van der Waals surface area (Å²) < 4.78 is 68.5. The van der Waals surface area contributed by atoms with Gasteiger partial charge in [0.25, 0.3) is 5.56 Å². The molecule has 3 aromatic carbocycles. The van der Waals surface area contributed by atoms with E-state index in [1.54, 1.807) is 0 Å². The molecular weight excluding hydrogens is 469 g/mol. The van der Waals surface area contributed by atoms with Crippen LogP contribution >= 0.6 is 0 Å². The van der Waals surface area contributed by atoms with Gasteiger partial charge in [0, 0.05) is 28.6 Å². The van der Waals surface area contributed by atoms with Gasteiger partial charge < -0.3 is 9.97 Å². The zero-order valence-corrected chi connectivity index (χ0v) is 17.4. The molecule has 10 heteroatoms. The van der Waals surface area contributed by atoms with Crippen LogP contribution in [-0.2, 0) is 0 Å². The van der Waals surface area contributed by atoms with Crippen LogP contribution in [0.5, 0.6) is 0 Å². The second kappa shape index (κ2) is 8.32. The van der Waals surface area contributed by atoms with E-state index in [9.17, 15) is 31.5 Å². The number of nitrogens with zero attached hydrogens (tertiary/aromatic N) is 1. The van der Waals surface area contributed by atoms with Crippen molar-refractivity contribution in [2.75, 3.05) is 0 Å². The SMILES string of the molecule is O=C(/C=C/c1nc2cc(F)c(F)cc2[nH]1)c1c(-c2ccc(F)c(F)c2)c2cc(F)ccc2[nH]c1=O. The van der Waals surface area contributed by atoms with E-state index in [0.717, 1.165) is 42.5 Å². The Morgan fingerprint density at radius 1 is 0.800 bits per heavy atom. The van der Waals surface area contributed by atoms with E-state index in [1.807, 2.05) is 0 Å². The Balaban J connectivity index is 1.66. The Hall–Kier alpha value is -4.60. The number of ketones is 1. The van der Waals surface area contributed by atoms with Gasteiger partial charge in [0.15, 0.2) is 29.1 Å². The van der Waals surface area contributed by atoms with Crippen LogP contribution in [0.1, 0.15) is 16.2 Å². The molecule has 0 spiro atoms. The average Bonchev–Trinajstić information content (AvgIpc) is 3.20. The van der Waals surface area contributed by atoms with Crippen LogP contribution in [-0.4, -0.2) is 20.7 Å². The Labute approximate surface area is 192 Å². The van der Waals surface area contributed by atoms with Gasteiger partial charge in [-0.2, -0.15) is 0 Å². The standard InChI is InChI=1S/C25H12F5N3O2/c26-12-2-4-18-13(8-12)23(11-1-3-14(27)15(28)7-11)24(25(35)33-18)21(34)5-6-22-31-19-9-16(29)17(30)10-20(19)32-22/h1-10H,(H,31,32)(H,33,35)/b6-5+. The number of rotatable bonds is 4. The normalized spacial score (nSPS) is 11.7. The molecule has 0 bridgehead atoms. The number of nitrogens with one attached hydrogen (secondary N) is 2. The molecule has 2 aromatic heterocycles. The minimum absolute atomic E-state index is 0.0166. The summed E-state index contributed by atoms with van der Waals surface area (Å²) in [6, 6.07) is 8.02. The summed E-state index contributed by atoms with van der Waals surface area (Å²) in [6.07, 6.45) is 2.16. The average molecular weight is 481 g/mol. The quantitative estimate of drug-likeness (QED) is 0.198. The highest BCUT2D eigenvalue weighted by molar-refractivity contribution is 6.15. The Morgan fingerprint density at radius 2 is 1.54 bits per heavy atom. The molecule has 0 unspecified atom stereocenters. The van der Waals surface area contributed by atoms with E-state index in [0.29, 0.717) is 0 Å². The molecule has 5 rings (SSSR count). The fraction of sp³-hybridized carbons (Fsp3) is 0. The van der Waals surface area contributed by atoms with Crippen LogP contribution in [0.4, 0.5) is 22.0 Å². The van der Waals surface area contributed by atoms with Gasteiger partial charge in [-0.05, 0) is 48.0 Å². The third-order valence-corrected chi connectivity index (χ3v) is 5.37. The van der Waals surface area contributed by atoms with E-state index in [2.05, 4.69) is 15.0 Å². The van der Waals surface area contributed by atoms with Crippen LogP contribution in [0.25, 0.3) is 39.1 Å². The maximum absolute atomic E-state index is 14.0. The summed E-state index contributed by atoms with van der Waals surface area (Å²) in [5.74, 6) is -6.00. The van der Waals surface area contributed by atoms with Crippen molar-refractivity contribution in [1.82, 2.24) is 15.0 Å². The largest absolute Gasteiger partial charge is 0.338 e. The number of H-pyrrole nitrogens is 2. The number of hydrogen-bond acceptors (Lipinski definition) is 3. The van der Waals surface area contributed by atoms with Crippen LogP contribution < -0.4 is 5.56 Å². The third kappa shape index (κ3) is 3.99. The molecule has 0 fully saturated rings. The van der Waals surface area contributed by atoms with Gasteiger partial charge in [-0.3, -0.25) is 9.59 Å². The molecule has 0 aliphatic heterocycles. The number of hydrogen-bond donors (Lipinski definition) is 2. The predicted octanol–water partition coefficient (Wildman–Crippen LogP) is 5.66. The van der Waals surface area contributed by atoms with Crippen LogP contribution in [0, 0.1) is 29.1 Å². The van der Waals surface area contributed by atoms with Crippen molar-refractivity contribution in [2.45, 2.75) is 0 Å². The highest BCUT2D eigenvalue weighted by Gasteiger charge is 2.21. The number of imidazole rings is 1. The molecule has 0 atom stereocenters. The molecule has 35 heavy (non-hydrogen) atoms. The molecular formula is C25H12F5N3O2. The van der Waals surface area contributed by atoms with Crippen LogP contribution in [0.3, 0.4) is 0 Å². The van der Waals surface area contributed by atoms with Gasteiger partial charge in [-0.15, -0.1) is 0 Å². The number of benzene rings is 3. The van der Waals surface area contributed by atoms with Crippen molar-refractivity contribution >= 4 is 33.8 Å². The molecule has 0 amide bonds. The van der Waals surface area contributed by atoms with Crippen molar-refractivity contribution < 1.29 is 26.7 Å². The van der Waals surface area contributed by atoms with Crippen molar-refractivity contribution in [3.05, 3.63) is 105 Å². The Kier molecular flexibility index (Phi) is 5.28. The number of fused-ring (bicyclic) bond motifs is 2. The number of carbonyl (C=O) groups is 1. The number of allylic oxidation sites excluding steroid dienone is 1. The lowest BCUT2D eigenvalue weighted by Crippen LogP contribution is -2.19. The highest BCUT2D eigenvalue weighted by atomic mass is 19.2. The molecule has 0 saturated heterocycles. The zero-order chi connectivity index (χ0) is 24.9. The predicted molar refractivity (Wildman–Crippen MR) is 119 cm³/mol. The fourth-order valence-electron chi connectivity index (χ4n) is 3.79. The van der Waals surface area contributed by atoms with Gasteiger partial charge in [0.05, 0.1) is 16.6 Å². The fourth-order valence-corrected chi connectivity index (χ4v) is 3.79. The number of aromatic nitrogens is 3. The first-order chi connectivity index (χ1) is 16.7. The lowest BCUT2D eigenvalue weighted by Gasteiger charge is -2.12. The molecule has 0 saturated carbocycles. The maximum Gasteiger partial charge on any atom is 0.260 e. The molecule has 0 aliphatic carbocycles. The first kappa shape index (κ1) is 22.2. The number of carbonyl (C=O) groups excluding carboxylic acids is 1. The third-order valence-electron chi connectivity index (χ3n) is 5.37. The summed E-state index contributed by atoms with van der Waals surface area (Å²) in [5.41, 5.74) is -0.929. The van der Waals surface area contributed by atoms with Gasteiger partial charge in [0.1, 0.15) is 11.6 Å². The van der Waals surface area contributed by atoms with Crippen LogP contribution in [0.15, 0.2) is 59.4 Å². The van der Waals surface area contributed by atoms with Crippen molar-refractivity contribution in [2.24, 2.45) is 0 Å². The second-order valence-electron chi connectivity index (χ2n) is 7.63. The molecule has 0 radical (unpaired) electrons.